The number of aromatic nitrogens is 2. The number of aryl methyl sites for hydroxylation is 1. The van der Waals surface area contributed by atoms with Gasteiger partial charge in [-0.3, -0.25) is 4.79 Å². The predicted octanol–water partition coefficient (Wildman–Crippen LogP) is 3.40. The fourth-order valence-corrected chi connectivity index (χ4v) is 3.80. The smallest absolute Gasteiger partial charge is 0.255 e. The van der Waals surface area contributed by atoms with E-state index in [4.69, 9.17) is 4.84 Å². The van der Waals surface area contributed by atoms with Crippen molar-refractivity contribution in [1.82, 2.24) is 14.7 Å². The largest absolute Gasteiger partial charge is 0.391 e. The third-order valence-corrected chi connectivity index (χ3v) is 5.24. The van der Waals surface area contributed by atoms with E-state index in [0.717, 1.165) is 18.6 Å². The number of fused-ring (bicyclic) bond motifs is 1. The number of hydrogen-bond donors (Lipinski definition) is 1. The molecule has 4 rings (SSSR count). The third-order valence-electron chi connectivity index (χ3n) is 5.24. The van der Waals surface area contributed by atoms with Crippen molar-refractivity contribution >= 4 is 17.3 Å². The van der Waals surface area contributed by atoms with Gasteiger partial charge in [0.25, 0.3) is 5.91 Å². The van der Waals surface area contributed by atoms with Crippen molar-refractivity contribution in [3.8, 4) is 0 Å². The highest BCUT2D eigenvalue weighted by Crippen LogP contribution is 2.25. The molecule has 2 aromatic heterocycles. The van der Waals surface area contributed by atoms with E-state index in [1.54, 1.807) is 12.3 Å². The Morgan fingerprint density at radius 1 is 1.25 bits per heavy atom. The summed E-state index contributed by atoms with van der Waals surface area (Å²) in [6, 6.07) is 12.1. The Hall–Kier alpha value is -3.15. The van der Waals surface area contributed by atoms with Crippen LogP contribution in [0.2, 0.25) is 0 Å². The lowest BCUT2D eigenvalue weighted by Gasteiger charge is -2.18. The second kappa shape index (κ2) is 7.84. The molecule has 0 saturated heterocycles. The molecule has 2 atom stereocenters. The Morgan fingerprint density at radius 3 is 2.96 bits per heavy atom. The van der Waals surface area contributed by atoms with E-state index in [1.807, 2.05) is 22.9 Å². The van der Waals surface area contributed by atoms with Gasteiger partial charge >= 0.3 is 0 Å². The van der Waals surface area contributed by atoms with Crippen molar-refractivity contribution in [2.75, 3.05) is 6.54 Å². The third kappa shape index (κ3) is 3.63. The Balaban J connectivity index is 1.41. The zero-order chi connectivity index (χ0) is 19.5. The fourth-order valence-electron chi connectivity index (χ4n) is 3.80. The topological polar surface area (TPSA) is 68.0 Å². The molecule has 0 spiro atoms. The van der Waals surface area contributed by atoms with Gasteiger partial charge in [0.05, 0.1) is 17.8 Å². The molecule has 0 fully saturated rings. The van der Waals surface area contributed by atoms with Crippen LogP contribution < -0.4 is 5.32 Å². The monoisotopic (exact) mass is 376 g/mol. The average Bonchev–Trinajstić information content (AvgIpc) is 3.32. The molecule has 0 aliphatic carbocycles. The van der Waals surface area contributed by atoms with Gasteiger partial charge < -0.3 is 14.6 Å². The average molecular weight is 376 g/mol. The molecular formula is C22H24N4O2. The van der Waals surface area contributed by atoms with Crippen molar-refractivity contribution in [3.63, 3.8) is 0 Å². The van der Waals surface area contributed by atoms with E-state index in [-0.39, 0.29) is 17.9 Å². The highest BCUT2D eigenvalue weighted by molar-refractivity contribution is 6.02. The lowest BCUT2D eigenvalue weighted by atomic mass is 9.90. The molecule has 1 aliphatic rings. The number of benzene rings is 1. The van der Waals surface area contributed by atoms with Crippen molar-refractivity contribution in [3.05, 3.63) is 71.7 Å². The van der Waals surface area contributed by atoms with Crippen molar-refractivity contribution in [2.45, 2.75) is 32.8 Å². The van der Waals surface area contributed by atoms with Gasteiger partial charge in [0.15, 0.2) is 0 Å². The van der Waals surface area contributed by atoms with Crippen LogP contribution in [0.3, 0.4) is 0 Å². The zero-order valence-electron chi connectivity index (χ0n) is 16.1. The van der Waals surface area contributed by atoms with Gasteiger partial charge in [-0.05, 0) is 31.0 Å². The minimum atomic E-state index is -0.156. The summed E-state index contributed by atoms with van der Waals surface area (Å²) in [5, 5.41) is 7.26. The molecule has 0 saturated carbocycles. The molecule has 1 amide bonds. The summed E-state index contributed by atoms with van der Waals surface area (Å²) >= 11 is 0. The number of imidazole rings is 1. The van der Waals surface area contributed by atoms with Crippen molar-refractivity contribution in [2.24, 2.45) is 11.1 Å². The van der Waals surface area contributed by atoms with Crippen LogP contribution in [0, 0.1) is 12.8 Å². The first-order valence-electron chi connectivity index (χ1n) is 9.63. The second-order valence-electron chi connectivity index (χ2n) is 7.20. The van der Waals surface area contributed by atoms with Crippen LogP contribution in [0.4, 0.5) is 0 Å². The molecule has 6 heteroatoms. The van der Waals surface area contributed by atoms with E-state index >= 15 is 0 Å². The molecule has 1 aliphatic heterocycles. The summed E-state index contributed by atoms with van der Waals surface area (Å²) < 4.78 is 1.83. The van der Waals surface area contributed by atoms with E-state index in [0.29, 0.717) is 17.8 Å². The summed E-state index contributed by atoms with van der Waals surface area (Å²) in [5.74, 6) is 0.0412. The molecule has 0 radical (unpaired) electrons. The van der Waals surface area contributed by atoms with Gasteiger partial charge in [0.1, 0.15) is 11.8 Å². The van der Waals surface area contributed by atoms with Crippen LogP contribution >= 0.6 is 0 Å². The number of amides is 1. The first-order valence-corrected chi connectivity index (χ1v) is 9.63. The Labute approximate surface area is 164 Å². The van der Waals surface area contributed by atoms with Crippen LogP contribution in [0.1, 0.15) is 34.8 Å². The van der Waals surface area contributed by atoms with E-state index in [2.05, 4.69) is 53.6 Å². The highest BCUT2D eigenvalue weighted by atomic mass is 16.6. The minimum Gasteiger partial charge on any atom is -0.391 e. The van der Waals surface area contributed by atoms with Gasteiger partial charge in [0, 0.05) is 30.9 Å². The first-order chi connectivity index (χ1) is 13.7. The van der Waals surface area contributed by atoms with Crippen LogP contribution in [0.15, 0.2) is 60.1 Å². The van der Waals surface area contributed by atoms with Gasteiger partial charge in [-0.1, -0.05) is 41.9 Å². The van der Waals surface area contributed by atoms with Crippen molar-refractivity contribution < 1.29 is 9.63 Å². The maximum Gasteiger partial charge on any atom is 0.255 e. The minimum absolute atomic E-state index is 0.00873. The lowest BCUT2D eigenvalue weighted by Crippen LogP contribution is -2.35. The Kier molecular flexibility index (Phi) is 5.10. The van der Waals surface area contributed by atoms with E-state index < -0.39 is 0 Å². The zero-order valence-corrected chi connectivity index (χ0v) is 16.1. The Bertz CT molecular complexity index is 1020. The second-order valence-corrected chi connectivity index (χ2v) is 7.20. The SMILES string of the molecule is CCC1C(CNC(=O)c2cccn3ccnc23)=NOC1Cc1cccc(C)c1. The van der Waals surface area contributed by atoms with Gasteiger partial charge in [-0.2, -0.15) is 0 Å². The molecule has 1 N–H and O–H groups in total. The molecule has 144 valence electrons. The van der Waals surface area contributed by atoms with Gasteiger partial charge in [-0.25, -0.2) is 4.98 Å². The lowest BCUT2D eigenvalue weighted by molar-refractivity contribution is 0.0614. The molecule has 3 heterocycles. The maximum atomic E-state index is 12.7. The first kappa shape index (κ1) is 18.2. The predicted molar refractivity (Wildman–Crippen MR) is 108 cm³/mol. The number of pyridine rings is 1. The number of hydrogen-bond acceptors (Lipinski definition) is 4. The van der Waals surface area contributed by atoms with Crippen LogP contribution in [0.25, 0.3) is 5.65 Å². The molecule has 6 nitrogen and oxygen atoms in total. The highest BCUT2D eigenvalue weighted by Gasteiger charge is 2.33. The number of rotatable bonds is 6. The number of nitrogens with zero attached hydrogens (tertiary/aromatic N) is 3. The summed E-state index contributed by atoms with van der Waals surface area (Å²) in [5.41, 5.74) is 4.58. The molecule has 3 aromatic rings. The molecule has 1 aromatic carbocycles. The van der Waals surface area contributed by atoms with E-state index in [1.165, 1.54) is 11.1 Å². The molecule has 0 bridgehead atoms. The van der Waals surface area contributed by atoms with Crippen molar-refractivity contribution in [1.29, 1.82) is 0 Å². The van der Waals surface area contributed by atoms with Crippen LogP contribution in [-0.4, -0.2) is 33.7 Å². The van der Waals surface area contributed by atoms with Gasteiger partial charge in [0.2, 0.25) is 0 Å². The van der Waals surface area contributed by atoms with Crippen LogP contribution in [-0.2, 0) is 11.3 Å². The number of carbonyl (C=O) groups excluding carboxylic acids is 1. The number of carbonyl (C=O) groups is 1. The summed E-state index contributed by atoms with van der Waals surface area (Å²) in [6.45, 7) is 4.60. The normalized spacial score (nSPS) is 18.7. The standard InChI is InChI=1S/C22H24N4O2/c1-3-17-19(25-28-20(17)13-16-7-4-6-15(2)12-16)14-24-22(27)18-8-5-10-26-11-9-23-21(18)26/h4-12,17,20H,3,13-14H2,1-2H3,(H,24,27). The maximum absolute atomic E-state index is 12.7. The Morgan fingerprint density at radius 2 is 2.14 bits per heavy atom. The summed E-state index contributed by atoms with van der Waals surface area (Å²) in [6.07, 6.45) is 7.12. The summed E-state index contributed by atoms with van der Waals surface area (Å²) in [4.78, 5) is 22.7. The van der Waals surface area contributed by atoms with Gasteiger partial charge in [-0.15, -0.1) is 0 Å². The molecule has 2 unspecified atom stereocenters. The van der Waals surface area contributed by atoms with E-state index in [9.17, 15) is 4.79 Å². The molecule has 28 heavy (non-hydrogen) atoms. The fraction of sp³-hybridized carbons (Fsp3) is 0.318. The number of nitrogens with one attached hydrogen (secondary N) is 1. The quantitative estimate of drug-likeness (QED) is 0.717. The summed E-state index contributed by atoms with van der Waals surface area (Å²) in [7, 11) is 0. The van der Waals surface area contributed by atoms with Crippen LogP contribution in [0.5, 0.6) is 0 Å². The molecular weight excluding hydrogens is 352 g/mol. The number of oxime groups is 1.